The van der Waals surface area contributed by atoms with Gasteiger partial charge in [-0.2, -0.15) is 42.8 Å². The minimum Gasteiger partial charge on any atom is -0.475 e. The van der Waals surface area contributed by atoms with Gasteiger partial charge in [-0.1, -0.05) is 0 Å². The summed E-state index contributed by atoms with van der Waals surface area (Å²) in [4.78, 5) is 52.9. The van der Waals surface area contributed by atoms with Crippen LogP contribution in [0.25, 0.3) is 0 Å². The molecule has 5 heterocycles. The Labute approximate surface area is 255 Å². The van der Waals surface area contributed by atoms with E-state index < -0.39 is 29.7 Å². The summed E-state index contributed by atoms with van der Waals surface area (Å²) < 4.78 is 65.3. The summed E-state index contributed by atoms with van der Waals surface area (Å²) in [7, 11) is 1.91. The van der Waals surface area contributed by atoms with E-state index in [0.29, 0.717) is 25.2 Å². The van der Waals surface area contributed by atoms with Gasteiger partial charge in [0.25, 0.3) is 5.91 Å². The van der Waals surface area contributed by atoms with Crippen molar-refractivity contribution in [2.24, 2.45) is 12.5 Å². The maximum Gasteiger partial charge on any atom is 0.490 e. The number of hydrogen-bond donors (Lipinski definition) is 2. The Morgan fingerprint density at radius 2 is 1.60 bits per heavy atom. The maximum absolute atomic E-state index is 14.0. The summed E-state index contributed by atoms with van der Waals surface area (Å²) in [6.07, 6.45) is -3.17. The van der Waals surface area contributed by atoms with Gasteiger partial charge in [0.2, 0.25) is 5.91 Å². The molecule has 1 spiro atoms. The van der Waals surface area contributed by atoms with Gasteiger partial charge in [-0.25, -0.2) is 9.59 Å². The van der Waals surface area contributed by atoms with Crippen molar-refractivity contribution in [2.45, 2.75) is 37.7 Å². The van der Waals surface area contributed by atoms with E-state index in [9.17, 15) is 35.9 Å². The first-order valence-corrected chi connectivity index (χ1v) is 14.0. The number of carboxylic acids is 2. The number of piperidine rings is 1. The monoisotopic (exact) mass is 663 g/mol. The number of aliphatic carboxylic acids is 2. The van der Waals surface area contributed by atoms with Crippen LogP contribution in [0.4, 0.5) is 26.3 Å². The molecule has 0 aromatic carbocycles. The molecular weight excluding hydrogens is 636 g/mol. The van der Waals surface area contributed by atoms with Gasteiger partial charge in [0.15, 0.2) is 0 Å². The van der Waals surface area contributed by atoms with Crippen molar-refractivity contribution in [1.29, 1.82) is 0 Å². The third kappa shape index (κ3) is 8.58. The highest BCUT2D eigenvalue weighted by Crippen LogP contribution is 2.49. The second kappa shape index (κ2) is 14.1. The largest absolute Gasteiger partial charge is 0.490 e. The molecule has 2 aliphatic heterocycles. The quantitative estimate of drug-likeness (QED) is 0.396. The molecule has 45 heavy (non-hydrogen) atoms. The second-order valence-corrected chi connectivity index (χ2v) is 10.9. The van der Waals surface area contributed by atoms with Gasteiger partial charge in [-0.15, -0.1) is 0 Å². The van der Waals surface area contributed by atoms with Crippen LogP contribution >= 0.6 is 11.3 Å². The second-order valence-electron chi connectivity index (χ2n) is 10.1. The number of halogens is 6. The number of likely N-dealkylation sites (tertiary alicyclic amines) is 2. The molecule has 11 nitrogen and oxygen atoms in total. The van der Waals surface area contributed by atoms with Gasteiger partial charge in [0.1, 0.15) is 0 Å². The van der Waals surface area contributed by atoms with Crippen molar-refractivity contribution in [3.05, 3.63) is 70.4 Å². The molecule has 2 saturated heterocycles. The third-order valence-electron chi connectivity index (χ3n) is 7.19. The Balaban J connectivity index is 0.000000331. The number of rotatable bonds is 4. The molecule has 0 aliphatic carbocycles. The summed E-state index contributed by atoms with van der Waals surface area (Å²) in [5, 5.41) is 22.4. The van der Waals surface area contributed by atoms with E-state index in [-0.39, 0.29) is 17.7 Å². The molecule has 0 radical (unpaired) electrons. The highest BCUT2D eigenvalue weighted by Gasteiger charge is 2.57. The van der Waals surface area contributed by atoms with E-state index in [0.717, 1.165) is 30.6 Å². The molecule has 3 aromatic rings. The van der Waals surface area contributed by atoms with Gasteiger partial charge < -0.3 is 20.0 Å². The van der Waals surface area contributed by atoms with E-state index in [1.165, 1.54) is 11.3 Å². The molecule has 2 fully saturated rings. The van der Waals surface area contributed by atoms with Crippen molar-refractivity contribution in [3.8, 4) is 0 Å². The number of alkyl halides is 6. The Hall–Kier alpha value is -4.48. The number of amides is 2. The molecule has 2 aliphatic rings. The third-order valence-corrected chi connectivity index (χ3v) is 7.87. The zero-order chi connectivity index (χ0) is 33.6. The minimum absolute atomic E-state index is 0.00403. The summed E-state index contributed by atoms with van der Waals surface area (Å²) in [5.74, 6) is -5.44. The molecular formula is C27H27F6N5O6S. The van der Waals surface area contributed by atoms with Crippen LogP contribution in [0.15, 0.2) is 53.6 Å². The highest BCUT2D eigenvalue weighted by molar-refractivity contribution is 7.08. The molecule has 3 aromatic heterocycles. The fourth-order valence-electron chi connectivity index (χ4n) is 5.17. The van der Waals surface area contributed by atoms with E-state index in [2.05, 4.69) is 10.1 Å². The molecule has 0 unspecified atom stereocenters. The van der Waals surface area contributed by atoms with Crippen LogP contribution in [0.2, 0.25) is 0 Å². The predicted octanol–water partition coefficient (Wildman–Crippen LogP) is 4.19. The maximum atomic E-state index is 14.0. The number of pyridine rings is 1. The summed E-state index contributed by atoms with van der Waals surface area (Å²) in [6, 6.07) is 7.75. The molecule has 5 rings (SSSR count). The summed E-state index contributed by atoms with van der Waals surface area (Å²) >= 11 is 1.52. The van der Waals surface area contributed by atoms with Gasteiger partial charge in [0, 0.05) is 68.8 Å². The minimum atomic E-state index is -5.08. The van der Waals surface area contributed by atoms with Gasteiger partial charge in [-0.3, -0.25) is 19.3 Å². The zero-order valence-corrected chi connectivity index (χ0v) is 24.3. The number of carboxylic acid groups (broad SMARTS) is 2. The van der Waals surface area contributed by atoms with Crippen LogP contribution in [0.3, 0.4) is 0 Å². The molecule has 0 saturated carbocycles. The first kappa shape index (κ1) is 35.0. The Morgan fingerprint density at radius 1 is 1.00 bits per heavy atom. The van der Waals surface area contributed by atoms with E-state index in [4.69, 9.17) is 19.8 Å². The normalized spacial score (nSPS) is 19.8. The van der Waals surface area contributed by atoms with Crippen molar-refractivity contribution < 1.29 is 55.7 Å². The van der Waals surface area contributed by atoms with Gasteiger partial charge in [-0.05, 0) is 48.1 Å². The van der Waals surface area contributed by atoms with Crippen LogP contribution in [-0.4, -0.2) is 90.5 Å². The average Bonchev–Trinajstić information content (AvgIpc) is 3.72. The smallest absolute Gasteiger partial charge is 0.475 e. The molecule has 2 atom stereocenters. The Kier molecular flexibility index (Phi) is 11.0. The average molecular weight is 664 g/mol. The summed E-state index contributed by atoms with van der Waals surface area (Å²) in [5.41, 5.74) is 2.16. The summed E-state index contributed by atoms with van der Waals surface area (Å²) in [6.45, 7) is 2.28. The van der Waals surface area contributed by atoms with Crippen molar-refractivity contribution in [2.75, 3.05) is 19.6 Å². The zero-order valence-electron chi connectivity index (χ0n) is 23.5. The number of hydrogen-bond acceptors (Lipinski definition) is 7. The SMILES string of the molecule is Cn1nccc1[C@@H]1CN(C(=O)c2ccsc2)C[C@]12CCCN(Cc1ccncc1)C2=O.O=C(O)C(F)(F)F.O=C(O)C(F)(F)F. The molecule has 2 N–H and O–H groups in total. The number of aromatic nitrogens is 3. The van der Waals surface area contributed by atoms with Crippen LogP contribution in [0.5, 0.6) is 0 Å². The van der Waals surface area contributed by atoms with Gasteiger partial charge in [0.05, 0.1) is 11.0 Å². The predicted molar refractivity (Wildman–Crippen MR) is 145 cm³/mol. The molecule has 2 amide bonds. The van der Waals surface area contributed by atoms with Crippen molar-refractivity contribution >= 4 is 35.1 Å². The number of nitrogens with zero attached hydrogens (tertiary/aromatic N) is 5. The first-order chi connectivity index (χ1) is 21.0. The van der Waals surface area contributed by atoms with Crippen LogP contribution in [0, 0.1) is 5.41 Å². The number of carbonyl (C=O) groups is 4. The highest BCUT2D eigenvalue weighted by atomic mass is 32.1. The lowest BCUT2D eigenvalue weighted by Crippen LogP contribution is -2.52. The Bertz CT molecular complexity index is 1460. The Morgan fingerprint density at radius 3 is 2.09 bits per heavy atom. The van der Waals surface area contributed by atoms with Crippen molar-refractivity contribution in [3.63, 3.8) is 0 Å². The number of aryl methyl sites for hydroxylation is 1. The van der Waals surface area contributed by atoms with Gasteiger partial charge >= 0.3 is 24.3 Å². The number of carbonyl (C=O) groups excluding carboxylic acids is 2. The van der Waals surface area contributed by atoms with Crippen molar-refractivity contribution in [1.82, 2.24) is 24.6 Å². The fourth-order valence-corrected chi connectivity index (χ4v) is 5.80. The van der Waals surface area contributed by atoms with Crippen LogP contribution in [0.1, 0.15) is 40.4 Å². The van der Waals surface area contributed by atoms with E-state index in [1.54, 1.807) is 18.6 Å². The van der Waals surface area contributed by atoms with Crippen LogP contribution < -0.4 is 0 Å². The molecule has 244 valence electrons. The first-order valence-electron chi connectivity index (χ1n) is 13.0. The van der Waals surface area contributed by atoms with Crippen LogP contribution in [-0.2, 0) is 28.0 Å². The fraction of sp³-hybridized carbons (Fsp3) is 0.407. The lowest BCUT2D eigenvalue weighted by molar-refractivity contribution is -0.193. The van der Waals surface area contributed by atoms with E-state index in [1.807, 2.05) is 56.6 Å². The molecule has 18 heteroatoms. The number of thiophene rings is 1. The standard InChI is InChI=1S/C23H25N5O2S.2C2HF3O2/c1-26-20(5-10-25-26)19-14-28(21(29)18-6-12-31-15-18)16-23(19)7-2-11-27(22(23)30)13-17-3-8-24-9-4-17;2*3-2(4,5)1(6)7/h3-6,8-10,12,15,19H,2,7,11,13-14,16H2,1H3;2*(H,6,7)/t19-,23+;;/m0../s1. The molecule has 0 bridgehead atoms. The lowest BCUT2D eigenvalue weighted by atomic mass is 9.70. The lowest BCUT2D eigenvalue weighted by Gasteiger charge is -2.42. The topological polar surface area (TPSA) is 146 Å². The van der Waals surface area contributed by atoms with E-state index >= 15 is 0 Å².